The Morgan fingerprint density at radius 2 is 2.00 bits per heavy atom. The number of nitrogens with one attached hydrogen (secondary N) is 1. The van der Waals surface area contributed by atoms with Crippen LogP contribution in [0.5, 0.6) is 11.5 Å². The zero-order chi connectivity index (χ0) is 18.1. The molecule has 0 aliphatic rings. The van der Waals surface area contributed by atoms with Crippen LogP contribution in [0.4, 0.5) is 4.39 Å². The number of ether oxygens (including phenoxy) is 2. The number of carbonyl (C=O) groups is 1. The molecule has 1 amide bonds. The van der Waals surface area contributed by atoms with Gasteiger partial charge in [-0.05, 0) is 29.8 Å². The molecule has 0 unspecified atom stereocenters. The number of hydrogen-bond acceptors (Lipinski definition) is 4. The van der Waals surface area contributed by atoms with Crippen molar-refractivity contribution in [3.05, 3.63) is 58.9 Å². The van der Waals surface area contributed by atoms with Crippen LogP contribution in [0, 0.1) is 5.82 Å². The van der Waals surface area contributed by atoms with Crippen molar-refractivity contribution in [1.29, 1.82) is 0 Å². The van der Waals surface area contributed by atoms with Gasteiger partial charge in [-0.1, -0.05) is 29.8 Å². The number of thioether (sulfide) groups is 1. The number of rotatable bonds is 9. The molecule has 0 heterocycles. The van der Waals surface area contributed by atoms with E-state index in [0.29, 0.717) is 41.0 Å². The minimum Gasteiger partial charge on any atom is -0.493 e. The molecule has 0 radical (unpaired) electrons. The summed E-state index contributed by atoms with van der Waals surface area (Å²) in [6.45, 7) is 0.718. The summed E-state index contributed by atoms with van der Waals surface area (Å²) in [4.78, 5) is 11.8. The van der Waals surface area contributed by atoms with Gasteiger partial charge in [0.15, 0.2) is 11.5 Å². The van der Waals surface area contributed by atoms with Gasteiger partial charge in [0.2, 0.25) is 5.91 Å². The lowest BCUT2D eigenvalue weighted by Crippen LogP contribution is -2.29. The first kappa shape index (κ1) is 19.4. The molecule has 7 heteroatoms. The molecular weight excluding hydrogens is 365 g/mol. The number of para-hydroxylation sites is 2. The van der Waals surface area contributed by atoms with Crippen molar-refractivity contribution in [3.8, 4) is 11.5 Å². The van der Waals surface area contributed by atoms with Gasteiger partial charge in [-0.2, -0.15) is 0 Å². The van der Waals surface area contributed by atoms with Crippen LogP contribution in [0.2, 0.25) is 5.02 Å². The van der Waals surface area contributed by atoms with Gasteiger partial charge in [0.05, 0.1) is 19.4 Å². The maximum Gasteiger partial charge on any atom is 0.230 e. The highest BCUT2D eigenvalue weighted by molar-refractivity contribution is 7.99. The zero-order valence-corrected chi connectivity index (χ0v) is 15.3. The topological polar surface area (TPSA) is 47.6 Å². The summed E-state index contributed by atoms with van der Waals surface area (Å²) in [6, 6.07) is 11.8. The number of methoxy groups -OCH3 is 1. The molecule has 4 nitrogen and oxygen atoms in total. The molecular formula is C18H19ClFNO3S. The highest BCUT2D eigenvalue weighted by Crippen LogP contribution is 2.25. The third-order valence-electron chi connectivity index (χ3n) is 3.26. The minimum absolute atomic E-state index is 0.122. The van der Waals surface area contributed by atoms with E-state index in [1.807, 2.05) is 12.1 Å². The van der Waals surface area contributed by atoms with Crippen LogP contribution in [0.3, 0.4) is 0 Å². The molecule has 0 aromatic heterocycles. The van der Waals surface area contributed by atoms with Gasteiger partial charge in [-0.25, -0.2) is 4.39 Å². The third-order valence-corrected chi connectivity index (χ3v) is 4.47. The first-order valence-electron chi connectivity index (χ1n) is 7.64. The van der Waals surface area contributed by atoms with Crippen molar-refractivity contribution >= 4 is 29.3 Å². The van der Waals surface area contributed by atoms with Crippen LogP contribution >= 0.6 is 23.4 Å². The minimum atomic E-state index is -0.356. The number of amides is 1. The van der Waals surface area contributed by atoms with Gasteiger partial charge >= 0.3 is 0 Å². The number of hydrogen-bond donors (Lipinski definition) is 1. The van der Waals surface area contributed by atoms with E-state index in [4.69, 9.17) is 21.1 Å². The fourth-order valence-corrected chi connectivity index (χ4v) is 3.04. The molecule has 2 aromatic carbocycles. The maximum atomic E-state index is 13.6. The molecule has 0 aliphatic carbocycles. The molecule has 0 fully saturated rings. The highest BCUT2D eigenvalue weighted by atomic mass is 35.5. The predicted molar refractivity (Wildman–Crippen MR) is 99.1 cm³/mol. The molecule has 0 saturated heterocycles. The first-order valence-corrected chi connectivity index (χ1v) is 9.17. The smallest absolute Gasteiger partial charge is 0.230 e. The van der Waals surface area contributed by atoms with Crippen LogP contribution in [-0.2, 0) is 10.5 Å². The Labute approximate surface area is 155 Å². The van der Waals surface area contributed by atoms with Crippen LogP contribution in [0.15, 0.2) is 42.5 Å². The van der Waals surface area contributed by atoms with Crippen LogP contribution in [0.25, 0.3) is 0 Å². The average Bonchev–Trinajstić information content (AvgIpc) is 2.61. The fraction of sp³-hybridized carbons (Fsp3) is 0.278. The van der Waals surface area contributed by atoms with Gasteiger partial charge in [-0.15, -0.1) is 11.8 Å². The van der Waals surface area contributed by atoms with Crippen LogP contribution in [-0.4, -0.2) is 31.9 Å². The molecule has 0 spiro atoms. The molecule has 25 heavy (non-hydrogen) atoms. The van der Waals surface area contributed by atoms with Crippen molar-refractivity contribution in [2.24, 2.45) is 0 Å². The quantitative estimate of drug-likeness (QED) is 0.667. The van der Waals surface area contributed by atoms with Crippen molar-refractivity contribution in [2.45, 2.75) is 5.75 Å². The number of halogens is 2. The van der Waals surface area contributed by atoms with E-state index < -0.39 is 0 Å². The lowest BCUT2D eigenvalue weighted by molar-refractivity contribution is -0.118. The monoisotopic (exact) mass is 383 g/mol. The predicted octanol–water partition coefficient (Wildman–Crippen LogP) is 3.92. The Morgan fingerprint density at radius 3 is 2.72 bits per heavy atom. The molecule has 2 aromatic rings. The summed E-state index contributed by atoms with van der Waals surface area (Å²) in [5, 5.41) is 3.12. The van der Waals surface area contributed by atoms with Gasteiger partial charge in [0, 0.05) is 10.8 Å². The summed E-state index contributed by atoms with van der Waals surface area (Å²) >= 11 is 7.04. The highest BCUT2D eigenvalue weighted by Gasteiger charge is 2.06. The SMILES string of the molecule is COc1ccccc1OCCNC(=O)CSCc1ccc(Cl)cc1F. The normalized spacial score (nSPS) is 10.4. The Bertz CT molecular complexity index is 714. The summed E-state index contributed by atoms with van der Waals surface area (Å²) in [7, 11) is 1.57. The van der Waals surface area contributed by atoms with Crippen molar-refractivity contribution in [2.75, 3.05) is 26.0 Å². The van der Waals surface area contributed by atoms with E-state index in [1.165, 1.54) is 17.8 Å². The van der Waals surface area contributed by atoms with Crippen molar-refractivity contribution < 1.29 is 18.7 Å². The summed E-state index contributed by atoms with van der Waals surface area (Å²) in [5.74, 6) is 1.46. The molecule has 0 saturated carbocycles. The number of carbonyl (C=O) groups excluding carboxylic acids is 1. The molecule has 0 aliphatic heterocycles. The lowest BCUT2D eigenvalue weighted by Gasteiger charge is -2.11. The second-order valence-electron chi connectivity index (χ2n) is 5.08. The third kappa shape index (κ3) is 6.48. The zero-order valence-electron chi connectivity index (χ0n) is 13.8. The van der Waals surface area contributed by atoms with Gasteiger partial charge in [0.25, 0.3) is 0 Å². The summed E-state index contributed by atoms with van der Waals surface area (Å²) in [5.41, 5.74) is 0.529. The van der Waals surface area contributed by atoms with E-state index in [-0.39, 0.29) is 17.5 Å². The van der Waals surface area contributed by atoms with E-state index in [2.05, 4.69) is 5.32 Å². The first-order chi connectivity index (χ1) is 12.1. The van der Waals surface area contributed by atoms with Gasteiger partial charge < -0.3 is 14.8 Å². The van der Waals surface area contributed by atoms with Gasteiger partial charge in [-0.3, -0.25) is 4.79 Å². The standard InChI is InChI=1S/C18H19ClFNO3S/c1-23-16-4-2-3-5-17(16)24-9-8-21-18(22)12-25-11-13-6-7-14(19)10-15(13)20/h2-7,10H,8-9,11-12H2,1H3,(H,21,22). The Balaban J connectivity index is 1.64. The molecule has 134 valence electrons. The average molecular weight is 384 g/mol. The molecule has 0 bridgehead atoms. The van der Waals surface area contributed by atoms with E-state index in [1.54, 1.807) is 31.4 Å². The second kappa shape index (κ2) is 10.2. The van der Waals surface area contributed by atoms with E-state index in [0.717, 1.165) is 0 Å². The molecule has 0 atom stereocenters. The fourth-order valence-electron chi connectivity index (χ4n) is 2.03. The Hall–Kier alpha value is -1.92. The lowest BCUT2D eigenvalue weighted by atomic mass is 10.2. The van der Waals surface area contributed by atoms with Crippen molar-refractivity contribution in [3.63, 3.8) is 0 Å². The summed E-state index contributed by atoms with van der Waals surface area (Å²) < 4.78 is 24.4. The van der Waals surface area contributed by atoms with Gasteiger partial charge in [0.1, 0.15) is 12.4 Å². The van der Waals surface area contributed by atoms with Crippen LogP contribution in [0.1, 0.15) is 5.56 Å². The molecule has 1 N–H and O–H groups in total. The van der Waals surface area contributed by atoms with Crippen molar-refractivity contribution in [1.82, 2.24) is 5.32 Å². The number of benzene rings is 2. The largest absolute Gasteiger partial charge is 0.493 e. The molecule has 2 rings (SSSR count). The second-order valence-corrected chi connectivity index (χ2v) is 6.50. The Morgan fingerprint density at radius 1 is 1.24 bits per heavy atom. The van der Waals surface area contributed by atoms with E-state index in [9.17, 15) is 9.18 Å². The summed E-state index contributed by atoms with van der Waals surface area (Å²) in [6.07, 6.45) is 0. The Kier molecular flexibility index (Phi) is 7.88. The van der Waals surface area contributed by atoms with E-state index >= 15 is 0 Å². The maximum absolute atomic E-state index is 13.6. The van der Waals surface area contributed by atoms with Crippen LogP contribution < -0.4 is 14.8 Å².